The smallest absolute Gasteiger partial charge is 0.219 e. The molecule has 1 N–H and O–H groups in total. The van der Waals surface area contributed by atoms with E-state index in [0.29, 0.717) is 5.56 Å². The number of benzene rings is 1. The van der Waals surface area contributed by atoms with E-state index >= 15 is 0 Å². The van der Waals surface area contributed by atoms with E-state index in [4.69, 9.17) is 19.3 Å². The third-order valence-corrected chi connectivity index (χ3v) is 5.45. The summed E-state index contributed by atoms with van der Waals surface area (Å²) in [5.41, 5.74) is -3.24. The van der Waals surface area contributed by atoms with E-state index < -0.39 is 34.5 Å². The summed E-state index contributed by atoms with van der Waals surface area (Å²) in [6.07, 6.45) is 0.215. The van der Waals surface area contributed by atoms with Crippen molar-refractivity contribution in [3.8, 4) is 18.2 Å². The molecule has 3 heterocycles. The summed E-state index contributed by atoms with van der Waals surface area (Å²) in [4.78, 5) is 0. The summed E-state index contributed by atoms with van der Waals surface area (Å²) in [5.74, 6) is -2.47. The van der Waals surface area contributed by atoms with Crippen LogP contribution in [-0.4, -0.2) is 11.7 Å². The maximum Gasteiger partial charge on any atom is 0.219 e. The molecule has 0 radical (unpaired) electrons. The van der Waals surface area contributed by atoms with Crippen LogP contribution < -0.4 is 0 Å². The predicted octanol–water partition coefficient (Wildman–Crippen LogP) is 3.40. The van der Waals surface area contributed by atoms with Crippen LogP contribution in [0.3, 0.4) is 0 Å². The lowest BCUT2D eigenvalue weighted by Gasteiger charge is -2.48. The number of nitrogens with zero attached hydrogens (tertiary/aromatic N) is 3. The number of nitriles is 3. The molecule has 7 nitrogen and oxygen atoms in total. The van der Waals surface area contributed by atoms with Gasteiger partial charge < -0.3 is 13.9 Å². The second-order valence-electron chi connectivity index (χ2n) is 6.76. The topological polar surface area (TPSA) is 127 Å². The fraction of sp³-hybridized carbons (Fsp3) is 0.300. The van der Waals surface area contributed by atoms with Gasteiger partial charge in [-0.25, -0.2) is 0 Å². The van der Waals surface area contributed by atoms with Crippen LogP contribution in [0.5, 0.6) is 0 Å². The van der Waals surface area contributed by atoms with E-state index in [1.165, 1.54) is 6.26 Å². The summed E-state index contributed by atoms with van der Waals surface area (Å²) in [7, 11) is 0. The van der Waals surface area contributed by atoms with Crippen LogP contribution in [-0.2, 0) is 9.47 Å². The minimum absolute atomic E-state index is 0.230. The Morgan fingerprint density at radius 2 is 1.70 bits per heavy atom. The van der Waals surface area contributed by atoms with Gasteiger partial charge in [0.2, 0.25) is 17.1 Å². The Labute approximate surface area is 155 Å². The van der Waals surface area contributed by atoms with Gasteiger partial charge in [0.05, 0.1) is 30.4 Å². The SMILES string of the molecule is C[C@@]12OC(=N)[C@](C#N)([C@H]1c1ccccc1)C(C#N)(C#N)[C@@H](c1ccco1)O2. The molecule has 0 aliphatic carbocycles. The molecule has 2 aliphatic heterocycles. The Kier molecular flexibility index (Phi) is 3.40. The average Bonchev–Trinajstić information content (AvgIpc) is 3.27. The van der Waals surface area contributed by atoms with Crippen molar-refractivity contribution >= 4 is 5.90 Å². The van der Waals surface area contributed by atoms with Gasteiger partial charge in [-0.05, 0) is 17.7 Å². The van der Waals surface area contributed by atoms with Crippen molar-refractivity contribution in [2.45, 2.75) is 24.7 Å². The number of furan rings is 1. The lowest BCUT2D eigenvalue weighted by Crippen LogP contribution is -2.57. The molecule has 7 heteroatoms. The van der Waals surface area contributed by atoms with Crippen LogP contribution in [0, 0.1) is 50.2 Å². The van der Waals surface area contributed by atoms with Gasteiger partial charge in [-0.3, -0.25) is 5.41 Å². The summed E-state index contributed by atoms with van der Waals surface area (Å²) < 4.78 is 17.2. The van der Waals surface area contributed by atoms with E-state index in [1.54, 1.807) is 43.3 Å². The van der Waals surface area contributed by atoms with Gasteiger partial charge in [0.1, 0.15) is 5.76 Å². The third kappa shape index (κ3) is 1.83. The monoisotopic (exact) mass is 358 g/mol. The first-order valence-electron chi connectivity index (χ1n) is 8.27. The fourth-order valence-electron chi connectivity index (χ4n) is 4.33. The number of hydrogen-bond acceptors (Lipinski definition) is 7. The van der Waals surface area contributed by atoms with Gasteiger partial charge in [-0.2, -0.15) is 15.8 Å². The normalized spacial score (nSPS) is 33.3. The largest absolute Gasteiger partial charge is 0.466 e. The van der Waals surface area contributed by atoms with Crippen molar-refractivity contribution in [1.29, 1.82) is 21.2 Å². The highest BCUT2D eigenvalue weighted by Gasteiger charge is 2.80. The first kappa shape index (κ1) is 16.8. The highest BCUT2D eigenvalue weighted by molar-refractivity contribution is 5.90. The quantitative estimate of drug-likeness (QED) is 0.876. The highest BCUT2D eigenvalue weighted by Crippen LogP contribution is 2.69. The van der Waals surface area contributed by atoms with Gasteiger partial charge in [-0.15, -0.1) is 0 Å². The second kappa shape index (κ2) is 5.45. The summed E-state index contributed by atoms with van der Waals surface area (Å²) in [6.45, 7) is 1.62. The van der Waals surface area contributed by atoms with E-state index in [-0.39, 0.29) is 5.76 Å². The summed E-state index contributed by atoms with van der Waals surface area (Å²) in [6, 6.07) is 18.2. The highest BCUT2D eigenvalue weighted by atomic mass is 16.7. The maximum atomic E-state index is 10.2. The van der Waals surface area contributed by atoms with E-state index in [0.717, 1.165) is 0 Å². The van der Waals surface area contributed by atoms with Crippen LogP contribution in [0.25, 0.3) is 0 Å². The van der Waals surface area contributed by atoms with E-state index in [1.807, 2.05) is 18.2 Å². The molecule has 0 unspecified atom stereocenters. The summed E-state index contributed by atoms with van der Waals surface area (Å²) in [5, 5.41) is 38.9. The molecule has 2 saturated heterocycles. The Morgan fingerprint density at radius 3 is 2.26 bits per heavy atom. The molecule has 1 aromatic heterocycles. The zero-order chi connectivity index (χ0) is 19.3. The molecule has 2 bridgehead atoms. The number of rotatable bonds is 2. The molecule has 0 saturated carbocycles. The number of hydrogen-bond donors (Lipinski definition) is 1. The maximum absolute atomic E-state index is 10.2. The number of fused-ring (bicyclic) bond motifs is 2. The van der Waals surface area contributed by atoms with Gasteiger partial charge >= 0.3 is 0 Å². The van der Waals surface area contributed by atoms with Crippen LogP contribution in [0.1, 0.15) is 30.3 Å². The van der Waals surface area contributed by atoms with Crippen molar-refractivity contribution in [1.82, 2.24) is 0 Å². The van der Waals surface area contributed by atoms with Gasteiger partial charge in [0.15, 0.2) is 11.5 Å². The molecule has 2 fully saturated rings. The minimum Gasteiger partial charge on any atom is -0.466 e. The van der Waals surface area contributed by atoms with Crippen LogP contribution in [0.4, 0.5) is 0 Å². The molecular weight excluding hydrogens is 344 g/mol. The number of ether oxygens (including phenoxy) is 2. The van der Waals surface area contributed by atoms with Crippen molar-refractivity contribution < 1.29 is 13.9 Å². The molecule has 4 rings (SSSR count). The van der Waals surface area contributed by atoms with Gasteiger partial charge in [-0.1, -0.05) is 30.3 Å². The Hall–Kier alpha value is -3.60. The Bertz CT molecular complexity index is 1010. The van der Waals surface area contributed by atoms with Crippen LogP contribution >= 0.6 is 0 Å². The first-order chi connectivity index (χ1) is 13.0. The molecule has 1 aromatic carbocycles. The molecule has 2 aliphatic rings. The fourth-order valence-corrected chi connectivity index (χ4v) is 4.33. The zero-order valence-corrected chi connectivity index (χ0v) is 14.3. The van der Waals surface area contributed by atoms with E-state index in [9.17, 15) is 15.8 Å². The average molecular weight is 358 g/mol. The molecule has 4 atom stereocenters. The lowest BCUT2D eigenvalue weighted by molar-refractivity contribution is -0.257. The Morgan fingerprint density at radius 1 is 1.00 bits per heavy atom. The molecule has 2 aromatic rings. The zero-order valence-electron chi connectivity index (χ0n) is 14.3. The van der Waals surface area contributed by atoms with Crippen LogP contribution in [0.2, 0.25) is 0 Å². The first-order valence-corrected chi connectivity index (χ1v) is 8.27. The summed E-state index contributed by atoms with van der Waals surface area (Å²) >= 11 is 0. The third-order valence-electron chi connectivity index (χ3n) is 5.45. The molecular formula is C20H14N4O3. The van der Waals surface area contributed by atoms with Crippen LogP contribution in [0.15, 0.2) is 53.1 Å². The number of nitrogens with one attached hydrogen (secondary N) is 1. The Balaban J connectivity index is 2.06. The van der Waals surface area contributed by atoms with Gasteiger partial charge in [0.25, 0.3) is 0 Å². The van der Waals surface area contributed by atoms with E-state index in [2.05, 4.69) is 6.07 Å². The molecule has 0 amide bonds. The van der Waals surface area contributed by atoms with Crippen molar-refractivity contribution in [2.24, 2.45) is 10.8 Å². The second-order valence-corrected chi connectivity index (χ2v) is 6.76. The van der Waals surface area contributed by atoms with Gasteiger partial charge in [0, 0.05) is 6.92 Å². The van der Waals surface area contributed by atoms with Crippen molar-refractivity contribution in [2.75, 3.05) is 0 Å². The predicted molar refractivity (Wildman–Crippen MR) is 90.6 cm³/mol. The minimum atomic E-state index is -2.03. The van der Waals surface area contributed by atoms with Crippen molar-refractivity contribution in [3.63, 3.8) is 0 Å². The lowest BCUT2D eigenvalue weighted by atomic mass is 9.53. The molecule has 27 heavy (non-hydrogen) atoms. The standard InChI is InChI=1S/C20H14N4O3/c1-18-15(13-6-3-2-4-7-13)20(12-23,17(24)27-18)19(10-21,11-22)16(26-18)14-8-5-9-25-14/h2-9,15-16,24H,1H3/t15-,16+,18+,20-/m0/s1. The molecule has 132 valence electrons. The van der Waals surface area contributed by atoms with Crippen molar-refractivity contribution in [3.05, 3.63) is 60.1 Å². The molecule has 0 spiro atoms.